The van der Waals surface area contributed by atoms with Crippen molar-refractivity contribution in [2.45, 2.75) is 46.1 Å². The van der Waals surface area contributed by atoms with Crippen molar-refractivity contribution in [3.8, 4) is 0 Å². The van der Waals surface area contributed by atoms with Crippen LogP contribution in [0.5, 0.6) is 0 Å². The van der Waals surface area contributed by atoms with Crippen LogP contribution in [0, 0.1) is 12.8 Å². The summed E-state index contributed by atoms with van der Waals surface area (Å²) in [4.78, 5) is 31.5. The Kier molecular flexibility index (Phi) is 4.75. The van der Waals surface area contributed by atoms with E-state index in [0.29, 0.717) is 11.7 Å². The van der Waals surface area contributed by atoms with Gasteiger partial charge >= 0.3 is 0 Å². The molecule has 2 heterocycles. The lowest BCUT2D eigenvalue weighted by Gasteiger charge is -2.35. The number of hydrogen-bond donors (Lipinski definition) is 1. The zero-order valence-corrected chi connectivity index (χ0v) is 13.0. The highest BCUT2D eigenvalue weighted by molar-refractivity contribution is 7.15. The number of amides is 2. The van der Waals surface area contributed by atoms with Gasteiger partial charge in [0, 0.05) is 23.5 Å². The van der Waals surface area contributed by atoms with E-state index < -0.39 is 0 Å². The molecule has 0 bridgehead atoms. The van der Waals surface area contributed by atoms with Gasteiger partial charge in [0.15, 0.2) is 5.13 Å². The summed E-state index contributed by atoms with van der Waals surface area (Å²) >= 11 is 1.45. The topological polar surface area (TPSA) is 62.3 Å². The number of piperidine rings is 1. The average molecular weight is 295 g/mol. The first kappa shape index (κ1) is 15.0. The highest BCUT2D eigenvalue weighted by atomic mass is 32.1. The Balaban J connectivity index is 2.07. The van der Waals surface area contributed by atoms with E-state index >= 15 is 0 Å². The van der Waals surface area contributed by atoms with E-state index in [1.165, 1.54) is 11.3 Å². The average Bonchev–Trinajstić information content (AvgIpc) is 2.83. The Morgan fingerprint density at radius 1 is 1.45 bits per heavy atom. The van der Waals surface area contributed by atoms with Gasteiger partial charge in [-0.05, 0) is 26.2 Å². The third-order valence-corrected chi connectivity index (χ3v) is 4.26. The van der Waals surface area contributed by atoms with Gasteiger partial charge in [0.25, 0.3) is 0 Å². The number of aromatic nitrogens is 1. The zero-order valence-electron chi connectivity index (χ0n) is 12.2. The molecule has 2 amide bonds. The molecule has 1 aliphatic heterocycles. The van der Waals surface area contributed by atoms with Crippen LogP contribution in [0.25, 0.3) is 0 Å². The number of carbonyl (C=O) groups is 2. The Labute approximate surface area is 123 Å². The minimum Gasteiger partial charge on any atom is -0.330 e. The lowest BCUT2D eigenvalue weighted by atomic mass is 9.99. The largest absolute Gasteiger partial charge is 0.330 e. The molecule has 1 N–H and O–H groups in total. The molecule has 0 aromatic carbocycles. The first-order chi connectivity index (χ1) is 9.49. The molecular weight excluding hydrogens is 274 g/mol. The third kappa shape index (κ3) is 3.36. The number of nitrogens with one attached hydrogen (secondary N) is 1. The standard InChI is InChI=1S/C14H21N3O2S/c1-9(2)13(19)17-7-5-4-6-11(17)12(18)16-14-15-8-10(3)20-14/h8-9,11H,4-7H2,1-3H3,(H,15,16,18)/t11-/m1/s1. The predicted octanol–water partition coefficient (Wildman–Crippen LogP) is 2.43. The third-order valence-electron chi connectivity index (χ3n) is 3.43. The molecule has 0 unspecified atom stereocenters. The van der Waals surface area contributed by atoms with Gasteiger partial charge in [0.05, 0.1) is 0 Å². The lowest BCUT2D eigenvalue weighted by Crippen LogP contribution is -2.51. The Hall–Kier alpha value is -1.43. The maximum atomic E-state index is 12.4. The predicted molar refractivity (Wildman–Crippen MR) is 79.7 cm³/mol. The molecule has 6 heteroatoms. The molecule has 0 saturated carbocycles. The molecule has 110 valence electrons. The molecule has 1 saturated heterocycles. The van der Waals surface area contributed by atoms with E-state index in [1.807, 2.05) is 20.8 Å². The van der Waals surface area contributed by atoms with Gasteiger partial charge in [-0.25, -0.2) is 4.98 Å². The molecule has 1 aromatic rings. The van der Waals surface area contributed by atoms with E-state index in [4.69, 9.17) is 0 Å². The second-order valence-electron chi connectivity index (χ2n) is 5.46. The summed E-state index contributed by atoms with van der Waals surface area (Å²) in [5.74, 6) is -0.140. The first-order valence-corrected chi connectivity index (χ1v) is 7.84. The Morgan fingerprint density at radius 2 is 2.20 bits per heavy atom. The number of likely N-dealkylation sites (tertiary alicyclic amines) is 1. The normalized spacial score (nSPS) is 19.2. The summed E-state index contributed by atoms with van der Waals surface area (Å²) in [6.07, 6.45) is 4.42. The van der Waals surface area contributed by atoms with Gasteiger partial charge in [0.2, 0.25) is 11.8 Å². The number of nitrogens with zero attached hydrogens (tertiary/aromatic N) is 2. The fourth-order valence-corrected chi connectivity index (χ4v) is 3.07. The van der Waals surface area contributed by atoms with E-state index in [-0.39, 0.29) is 23.8 Å². The SMILES string of the molecule is Cc1cnc(NC(=O)[C@H]2CCCCN2C(=O)C(C)C)s1. The monoisotopic (exact) mass is 295 g/mol. The van der Waals surface area contributed by atoms with Gasteiger partial charge < -0.3 is 10.2 Å². The van der Waals surface area contributed by atoms with Crippen molar-refractivity contribution < 1.29 is 9.59 Å². The lowest BCUT2D eigenvalue weighted by molar-refractivity contribution is -0.142. The quantitative estimate of drug-likeness (QED) is 0.931. The van der Waals surface area contributed by atoms with Crippen molar-refractivity contribution >= 4 is 28.3 Å². The molecule has 0 aliphatic carbocycles. The summed E-state index contributed by atoms with van der Waals surface area (Å²) in [6, 6.07) is -0.358. The smallest absolute Gasteiger partial charge is 0.248 e. The molecule has 0 radical (unpaired) electrons. The summed E-state index contributed by atoms with van der Waals surface area (Å²) < 4.78 is 0. The van der Waals surface area contributed by atoms with Crippen molar-refractivity contribution in [3.05, 3.63) is 11.1 Å². The maximum Gasteiger partial charge on any atom is 0.248 e. The van der Waals surface area contributed by atoms with E-state index in [1.54, 1.807) is 11.1 Å². The Bertz CT molecular complexity index is 498. The number of anilines is 1. The molecule has 1 fully saturated rings. The number of hydrogen-bond acceptors (Lipinski definition) is 4. The van der Waals surface area contributed by atoms with Gasteiger partial charge in [-0.15, -0.1) is 11.3 Å². The highest BCUT2D eigenvalue weighted by Gasteiger charge is 2.33. The van der Waals surface area contributed by atoms with Gasteiger partial charge in [-0.3, -0.25) is 9.59 Å². The van der Waals surface area contributed by atoms with Crippen molar-refractivity contribution in [1.29, 1.82) is 0 Å². The summed E-state index contributed by atoms with van der Waals surface area (Å²) in [7, 11) is 0. The second kappa shape index (κ2) is 6.35. The van der Waals surface area contributed by atoms with Crippen molar-refractivity contribution in [3.63, 3.8) is 0 Å². The van der Waals surface area contributed by atoms with Crippen LogP contribution < -0.4 is 5.32 Å². The van der Waals surface area contributed by atoms with E-state index in [9.17, 15) is 9.59 Å². The van der Waals surface area contributed by atoms with Crippen LogP contribution in [0.3, 0.4) is 0 Å². The fourth-order valence-electron chi connectivity index (χ4n) is 2.40. The van der Waals surface area contributed by atoms with Gasteiger partial charge in [-0.1, -0.05) is 13.8 Å². The molecule has 0 spiro atoms. The minimum absolute atomic E-state index is 0.0557. The van der Waals surface area contributed by atoms with Crippen LogP contribution in [-0.4, -0.2) is 34.3 Å². The maximum absolute atomic E-state index is 12.4. The van der Waals surface area contributed by atoms with Crippen LogP contribution in [-0.2, 0) is 9.59 Å². The summed E-state index contributed by atoms with van der Waals surface area (Å²) in [5, 5.41) is 3.44. The van der Waals surface area contributed by atoms with Crippen LogP contribution in [0.15, 0.2) is 6.20 Å². The molecule has 5 nitrogen and oxygen atoms in total. The number of carbonyl (C=O) groups excluding carboxylic acids is 2. The molecular formula is C14H21N3O2S. The zero-order chi connectivity index (χ0) is 14.7. The molecule has 1 aromatic heterocycles. The molecule has 2 rings (SSSR count). The van der Waals surface area contributed by atoms with E-state index in [2.05, 4.69) is 10.3 Å². The van der Waals surface area contributed by atoms with E-state index in [0.717, 1.165) is 24.1 Å². The van der Waals surface area contributed by atoms with Crippen LogP contribution in [0.1, 0.15) is 38.0 Å². The summed E-state index contributed by atoms with van der Waals surface area (Å²) in [6.45, 7) is 6.36. The van der Waals surface area contributed by atoms with Gasteiger partial charge in [0.1, 0.15) is 6.04 Å². The molecule has 1 aliphatic rings. The van der Waals surface area contributed by atoms with Crippen LogP contribution in [0.2, 0.25) is 0 Å². The van der Waals surface area contributed by atoms with Crippen molar-refractivity contribution in [2.24, 2.45) is 5.92 Å². The Morgan fingerprint density at radius 3 is 2.80 bits per heavy atom. The van der Waals surface area contributed by atoms with Crippen molar-refractivity contribution in [1.82, 2.24) is 9.88 Å². The molecule has 20 heavy (non-hydrogen) atoms. The number of aryl methyl sites for hydroxylation is 1. The minimum atomic E-state index is -0.358. The first-order valence-electron chi connectivity index (χ1n) is 7.03. The summed E-state index contributed by atoms with van der Waals surface area (Å²) in [5.41, 5.74) is 0. The molecule has 1 atom stereocenters. The number of thiazole rings is 1. The second-order valence-corrected chi connectivity index (χ2v) is 6.70. The van der Waals surface area contributed by atoms with Gasteiger partial charge in [-0.2, -0.15) is 0 Å². The van der Waals surface area contributed by atoms with Crippen LogP contribution in [0.4, 0.5) is 5.13 Å². The fraction of sp³-hybridized carbons (Fsp3) is 0.643. The number of rotatable bonds is 3. The highest BCUT2D eigenvalue weighted by Crippen LogP contribution is 2.22. The van der Waals surface area contributed by atoms with Crippen LogP contribution >= 0.6 is 11.3 Å². The van der Waals surface area contributed by atoms with Crippen molar-refractivity contribution in [2.75, 3.05) is 11.9 Å².